The summed E-state index contributed by atoms with van der Waals surface area (Å²) in [4.78, 5) is 4.23. The summed E-state index contributed by atoms with van der Waals surface area (Å²) >= 11 is 0. The van der Waals surface area contributed by atoms with Crippen LogP contribution >= 0.6 is 0 Å². The van der Waals surface area contributed by atoms with Gasteiger partial charge in [-0.1, -0.05) is 24.9 Å². The van der Waals surface area contributed by atoms with Crippen LogP contribution < -0.4 is 0 Å². The van der Waals surface area contributed by atoms with Crippen molar-refractivity contribution in [3.63, 3.8) is 0 Å². The Morgan fingerprint density at radius 3 is 2.85 bits per heavy atom. The van der Waals surface area contributed by atoms with Gasteiger partial charge >= 0.3 is 0 Å². The minimum Gasteiger partial charge on any atom is -0.339 e. The van der Waals surface area contributed by atoms with Crippen molar-refractivity contribution in [1.82, 2.24) is 10.1 Å². The first-order chi connectivity index (χ1) is 6.25. The molecule has 2 atom stereocenters. The molecule has 0 saturated heterocycles. The number of aromatic nitrogens is 2. The summed E-state index contributed by atoms with van der Waals surface area (Å²) in [5, 5.41) is 3.80. The van der Waals surface area contributed by atoms with Crippen LogP contribution in [0.15, 0.2) is 4.52 Å². The van der Waals surface area contributed by atoms with Gasteiger partial charge in [0.15, 0.2) is 5.82 Å². The number of rotatable bonds is 2. The quantitative estimate of drug-likeness (QED) is 0.701. The second kappa shape index (κ2) is 3.48. The first-order valence-corrected chi connectivity index (χ1v) is 5.05. The molecule has 0 N–H and O–H groups in total. The summed E-state index contributed by atoms with van der Waals surface area (Å²) in [7, 11) is 0. The van der Waals surface area contributed by atoms with Crippen molar-refractivity contribution in [2.75, 3.05) is 0 Å². The Hall–Kier alpha value is -0.860. The smallest absolute Gasteiger partial charge is 0.226 e. The lowest BCUT2D eigenvalue weighted by Crippen LogP contribution is -2.07. The molecule has 1 aromatic heterocycles. The zero-order valence-corrected chi connectivity index (χ0v) is 8.29. The van der Waals surface area contributed by atoms with Gasteiger partial charge in [0.05, 0.1) is 0 Å². The van der Waals surface area contributed by atoms with Gasteiger partial charge in [0.25, 0.3) is 0 Å². The van der Waals surface area contributed by atoms with Crippen LogP contribution in [0.5, 0.6) is 0 Å². The number of aryl methyl sites for hydroxylation is 1. The third-order valence-electron chi connectivity index (χ3n) is 3.05. The molecule has 0 radical (unpaired) electrons. The fourth-order valence-electron chi connectivity index (χ4n) is 2.17. The van der Waals surface area contributed by atoms with Gasteiger partial charge in [0, 0.05) is 6.42 Å². The Balaban J connectivity index is 1.97. The van der Waals surface area contributed by atoms with Crippen molar-refractivity contribution in [3.05, 3.63) is 11.7 Å². The largest absolute Gasteiger partial charge is 0.339 e. The maximum atomic E-state index is 5.11. The minimum absolute atomic E-state index is 0.751. The molecular weight excluding hydrogens is 164 g/mol. The van der Waals surface area contributed by atoms with E-state index in [1.807, 2.05) is 6.92 Å². The Kier molecular flexibility index (Phi) is 2.34. The van der Waals surface area contributed by atoms with E-state index < -0.39 is 0 Å². The van der Waals surface area contributed by atoms with E-state index in [0.29, 0.717) is 0 Å². The van der Waals surface area contributed by atoms with Crippen LogP contribution in [-0.4, -0.2) is 10.1 Å². The Bertz CT molecular complexity index is 282. The highest BCUT2D eigenvalue weighted by Crippen LogP contribution is 2.33. The van der Waals surface area contributed by atoms with Gasteiger partial charge in [-0.2, -0.15) is 4.98 Å². The number of hydrogen-bond donors (Lipinski definition) is 0. The molecule has 0 aromatic carbocycles. The molecule has 1 aliphatic rings. The van der Waals surface area contributed by atoms with E-state index in [0.717, 1.165) is 30.0 Å². The van der Waals surface area contributed by atoms with Crippen LogP contribution in [0.3, 0.4) is 0 Å². The van der Waals surface area contributed by atoms with Gasteiger partial charge in [-0.25, -0.2) is 0 Å². The molecular formula is C10H16N2O. The fraction of sp³-hybridized carbons (Fsp3) is 0.800. The van der Waals surface area contributed by atoms with E-state index in [9.17, 15) is 0 Å². The van der Waals surface area contributed by atoms with E-state index in [1.165, 1.54) is 19.3 Å². The van der Waals surface area contributed by atoms with Gasteiger partial charge in [0.2, 0.25) is 5.89 Å². The second-order valence-electron chi connectivity index (χ2n) is 4.11. The average molecular weight is 180 g/mol. The molecule has 0 bridgehead atoms. The van der Waals surface area contributed by atoms with E-state index >= 15 is 0 Å². The van der Waals surface area contributed by atoms with Crippen molar-refractivity contribution in [2.24, 2.45) is 11.8 Å². The lowest BCUT2D eigenvalue weighted by molar-refractivity contribution is 0.325. The van der Waals surface area contributed by atoms with Crippen molar-refractivity contribution in [1.29, 1.82) is 0 Å². The minimum atomic E-state index is 0.751. The Morgan fingerprint density at radius 1 is 1.46 bits per heavy atom. The maximum absolute atomic E-state index is 5.11. The summed E-state index contributed by atoms with van der Waals surface area (Å²) in [5.41, 5.74) is 0. The Morgan fingerprint density at radius 2 is 2.31 bits per heavy atom. The zero-order chi connectivity index (χ0) is 9.26. The van der Waals surface area contributed by atoms with E-state index in [4.69, 9.17) is 4.52 Å². The molecule has 1 aromatic rings. The standard InChI is InChI=1S/C10H16N2O/c1-7-4-3-5-9(7)6-10-11-8(2)12-13-10/h7,9H,3-6H2,1-2H3. The molecule has 1 aliphatic carbocycles. The lowest BCUT2D eigenvalue weighted by Gasteiger charge is -2.11. The molecule has 0 spiro atoms. The van der Waals surface area contributed by atoms with Crippen LogP contribution in [0.25, 0.3) is 0 Å². The molecule has 1 heterocycles. The average Bonchev–Trinajstić information content (AvgIpc) is 2.64. The summed E-state index contributed by atoms with van der Waals surface area (Å²) in [6.45, 7) is 4.19. The molecule has 2 unspecified atom stereocenters. The second-order valence-corrected chi connectivity index (χ2v) is 4.11. The van der Waals surface area contributed by atoms with Gasteiger partial charge in [0.1, 0.15) is 0 Å². The lowest BCUT2D eigenvalue weighted by atomic mass is 9.95. The van der Waals surface area contributed by atoms with E-state index in [-0.39, 0.29) is 0 Å². The summed E-state index contributed by atoms with van der Waals surface area (Å²) in [6.07, 6.45) is 5.02. The molecule has 2 rings (SSSR count). The molecule has 1 saturated carbocycles. The van der Waals surface area contributed by atoms with Crippen LogP contribution in [0.4, 0.5) is 0 Å². The zero-order valence-electron chi connectivity index (χ0n) is 8.29. The van der Waals surface area contributed by atoms with Crippen molar-refractivity contribution < 1.29 is 4.52 Å². The van der Waals surface area contributed by atoms with E-state index in [2.05, 4.69) is 17.1 Å². The molecule has 3 heteroatoms. The predicted octanol–water partition coefficient (Wildman–Crippen LogP) is 2.36. The fourth-order valence-corrected chi connectivity index (χ4v) is 2.17. The molecule has 1 fully saturated rings. The molecule has 13 heavy (non-hydrogen) atoms. The molecule has 72 valence electrons. The highest BCUT2D eigenvalue weighted by atomic mass is 16.5. The SMILES string of the molecule is Cc1noc(CC2CCCC2C)n1. The predicted molar refractivity (Wildman–Crippen MR) is 49.2 cm³/mol. The van der Waals surface area contributed by atoms with Crippen molar-refractivity contribution in [2.45, 2.75) is 39.5 Å². The highest BCUT2D eigenvalue weighted by molar-refractivity contribution is 4.88. The third kappa shape index (κ3) is 1.90. The summed E-state index contributed by atoms with van der Waals surface area (Å²) < 4.78 is 5.11. The van der Waals surface area contributed by atoms with Gasteiger partial charge in [-0.05, 0) is 25.2 Å². The summed E-state index contributed by atoms with van der Waals surface area (Å²) in [6, 6.07) is 0. The first kappa shape index (κ1) is 8.73. The van der Waals surface area contributed by atoms with Gasteiger partial charge in [-0.3, -0.25) is 0 Å². The maximum Gasteiger partial charge on any atom is 0.226 e. The van der Waals surface area contributed by atoms with Crippen LogP contribution in [-0.2, 0) is 6.42 Å². The number of nitrogens with zero attached hydrogens (tertiary/aromatic N) is 2. The highest BCUT2D eigenvalue weighted by Gasteiger charge is 2.25. The van der Waals surface area contributed by atoms with Gasteiger partial charge in [-0.15, -0.1) is 0 Å². The van der Waals surface area contributed by atoms with E-state index in [1.54, 1.807) is 0 Å². The van der Waals surface area contributed by atoms with Crippen LogP contribution in [0, 0.1) is 18.8 Å². The molecule has 3 nitrogen and oxygen atoms in total. The first-order valence-electron chi connectivity index (χ1n) is 5.05. The summed E-state index contributed by atoms with van der Waals surface area (Å²) in [5.74, 6) is 3.16. The third-order valence-corrected chi connectivity index (χ3v) is 3.05. The normalized spacial score (nSPS) is 28.2. The van der Waals surface area contributed by atoms with Crippen LogP contribution in [0.2, 0.25) is 0 Å². The van der Waals surface area contributed by atoms with Gasteiger partial charge < -0.3 is 4.52 Å². The molecule has 0 aliphatic heterocycles. The number of hydrogen-bond acceptors (Lipinski definition) is 3. The Labute approximate surface area is 78.5 Å². The molecule has 0 amide bonds. The topological polar surface area (TPSA) is 38.9 Å². The van der Waals surface area contributed by atoms with Crippen molar-refractivity contribution in [3.8, 4) is 0 Å². The monoisotopic (exact) mass is 180 g/mol. The van der Waals surface area contributed by atoms with Crippen molar-refractivity contribution >= 4 is 0 Å². The van der Waals surface area contributed by atoms with Crippen LogP contribution in [0.1, 0.15) is 37.9 Å².